The third-order valence-electron chi connectivity index (χ3n) is 7.31. The van der Waals surface area contributed by atoms with Crippen molar-refractivity contribution in [2.75, 3.05) is 6.61 Å². The van der Waals surface area contributed by atoms with Crippen molar-refractivity contribution in [2.24, 2.45) is 0 Å². The molecule has 0 saturated heterocycles. The molecule has 1 rings (SSSR count). The van der Waals surface area contributed by atoms with E-state index >= 15 is 0 Å². The second kappa shape index (κ2) is 21.7. The molecule has 1 aromatic rings. The Hall–Kier alpha value is -1.51. The molecular formula is C32H56O3. The zero-order valence-corrected chi connectivity index (χ0v) is 23.5. The van der Waals surface area contributed by atoms with Crippen molar-refractivity contribution in [3.05, 3.63) is 28.8 Å². The molecule has 0 atom stereocenters. The van der Waals surface area contributed by atoms with E-state index in [0.29, 0.717) is 25.2 Å². The van der Waals surface area contributed by atoms with Gasteiger partial charge in [-0.3, -0.25) is 4.79 Å². The standard InChI is InChI=1S/C32H56O3/c1-4-6-8-9-10-11-12-13-14-15-16-17-18-19-20-21-27-35-32(34)26-24-29-23-25-31(33)28(3)30(29)22-7-5-2/h23,25,33H,4-22,24,26-27H2,1-3H3. The smallest absolute Gasteiger partial charge is 0.306 e. The van der Waals surface area contributed by atoms with E-state index in [1.807, 2.05) is 13.0 Å². The molecule has 1 aromatic carbocycles. The summed E-state index contributed by atoms with van der Waals surface area (Å²) < 4.78 is 5.47. The molecule has 0 aromatic heterocycles. The van der Waals surface area contributed by atoms with Gasteiger partial charge >= 0.3 is 5.97 Å². The van der Waals surface area contributed by atoms with Crippen LogP contribution in [0, 0.1) is 6.92 Å². The van der Waals surface area contributed by atoms with Crippen LogP contribution in [-0.4, -0.2) is 17.7 Å². The molecule has 0 bridgehead atoms. The van der Waals surface area contributed by atoms with Gasteiger partial charge in [0.2, 0.25) is 0 Å². The van der Waals surface area contributed by atoms with E-state index in [4.69, 9.17) is 4.74 Å². The number of carbonyl (C=O) groups is 1. The van der Waals surface area contributed by atoms with Crippen LogP contribution in [0.2, 0.25) is 0 Å². The zero-order chi connectivity index (χ0) is 25.6. The minimum Gasteiger partial charge on any atom is -0.508 e. The van der Waals surface area contributed by atoms with Crippen LogP contribution in [-0.2, 0) is 22.4 Å². The highest BCUT2D eigenvalue weighted by Gasteiger charge is 2.11. The van der Waals surface area contributed by atoms with Crippen LogP contribution in [0.1, 0.15) is 153 Å². The lowest BCUT2D eigenvalue weighted by Crippen LogP contribution is -2.08. The molecule has 0 amide bonds. The number of hydrogen-bond donors (Lipinski definition) is 1. The van der Waals surface area contributed by atoms with Crippen molar-refractivity contribution in [1.82, 2.24) is 0 Å². The first-order valence-electron chi connectivity index (χ1n) is 15.1. The van der Waals surface area contributed by atoms with Gasteiger partial charge in [-0.25, -0.2) is 0 Å². The highest BCUT2D eigenvalue weighted by atomic mass is 16.5. The highest BCUT2D eigenvalue weighted by molar-refractivity contribution is 5.69. The van der Waals surface area contributed by atoms with Crippen LogP contribution in [0.25, 0.3) is 0 Å². The molecule has 3 nitrogen and oxygen atoms in total. The fourth-order valence-electron chi connectivity index (χ4n) is 4.88. The Balaban J connectivity index is 1.97. The van der Waals surface area contributed by atoms with Crippen molar-refractivity contribution in [3.8, 4) is 5.75 Å². The van der Waals surface area contributed by atoms with Gasteiger partial charge < -0.3 is 9.84 Å². The Morgan fingerprint density at radius 3 is 1.69 bits per heavy atom. The number of rotatable bonds is 23. The second-order valence-electron chi connectivity index (χ2n) is 10.5. The number of benzene rings is 1. The first kappa shape index (κ1) is 31.5. The van der Waals surface area contributed by atoms with E-state index < -0.39 is 0 Å². The molecule has 3 heteroatoms. The number of aryl methyl sites for hydroxylation is 1. The first-order valence-corrected chi connectivity index (χ1v) is 15.1. The third-order valence-corrected chi connectivity index (χ3v) is 7.31. The minimum absolute atomic E-state index is 0.0990. The molecule has 0 unspecified atom stereocenters. The lowest BCUT2D eigenvalue weighted by Gasteiger charge is -2.14. The van der Waals surface area contributed by atoms with Crippen molar-refractivity contribution >= 4 is 5.97 Å². The van der Waals surface area contributed by atoms with Gasteiger partial charge in [0.25, 0.3) is 0 Å². The molecule has 0 heterocycles. The Morgan fingerprint density at radius 2 is 1.17 bits per heavy atom. The van der Waals surface area contributed by atoms with Gasteiger partial charge in [0.05, 0.1) is 6.61 Å². The van der Waals surface area contributed by atoms with Crippen LogP contribution in [0.15, 0.2) is 12.1 Å². The average Bonchev–Trinajstić information content (AvgIpc) is 2.86. The number of unbranched alkanes of at least 4 members (excludes halogenated alkanes) is 16. The predicted molar refractivity (Wildman–Crippen MR) is 150 cm³/mol. The summed E-state index contributed by atoms with van der Waals surface area (Å²) in [6.07, 6.45) is 25.9. The summed E-state index contributed by atoms with van der Waals surface area (Å²) in [6.45, 7) is 6.98. The van der Waals surface area contributed by atoms with Gasteiger partial charge in [0.1, 0.15) is 5.75 Å². The van der Waals surface area contributed by atoms with Gasteiger partial charge in [-0.1, -0.05) is 123 Å². The average molecular weight is 489 g/mol. The molecular weight excluding hydrogens is 432 g/mol. The van der Waals surface area contributed by atoms with Crippen LogP contribution in [0.4, 0.5) is 0 Å². The van der Waals surface area contributed by atoms with Crippen molar-refractivity contribution in [1.29, 1.82) is 0 Å². The summed E-state index contributed by atoms with van der Waals surface area (Å²) in [5, 5.41) is 10.0. The normalized spacial score (nSPS) is 11.2. The molecule has 0 aliphatic rings. The van der Waals surface area contributed by atoms with Crippen molar-refractivity contribution in [3.63, 3.8) is 0 Å². The Labute approximate surface area is 217 Å². The van der Waals surface area contributed by atoms with E-state index in [2.05, 4.69) is 13.8 Å². The first-order chi connectivity index (χ1) is 17.1. The lowest BCUT2D eigenvalue weighted by molar-refractivity contribution is -0.143. The maximum atomic E-state index is 12.2. The van der Waals surface area contributed by atoms with Crippen LogP contribution in [0.5, 0.6) is 5.75 Å². The van der Waals surface area contributed by atoms with Crippen LogP contribution in [0.3, 0.4) is 0 Å². The number of aromatic hydroxyl groups is 1. The molecule has 0 radical (unpaired) electrons. The van der Waals surface area contributed by atoms with Gasteiger partial charge in [-0.2, -0.15) is 0 Å². The summed E-state index contributed by atoms with van der Waals surface area (Å²) in [5.74, 6) is 0.254. The summed E-state index contributed by atoms with van der Waals surface area (Å²) in [7, 11) is 0. The lowest BCUT2D eigenvalue weighted by atomic mass is 9.94. The highest BCUT2D eigenvalue weighted by Crippen LogP contribution is 2.26. The monoisotopic (exact) mass is 488 g/mol. The van der Waals surface area contributed by atoms with E-state index in [1.54, 1.807) is 6.07 Å². The largest absolute Gasteiger partial charge is 0.508 e. The number of carbonyl (C=O) groups excluding carboxylic acids is 1. The second-order valence-corrected chi connectivity index (χ2v) is 10.5. The van der Waals surface area contributed by atoms with Gasteiger partial charge in [0, 0.05) is 6.42 Å². The van der Waals surface area contributed by atoms with E-state index in [1.165, 1.54) is 101 Å². The molecule has 0 aliphatic carbocycles. The molecule has 35 heavy (non-hydrogen) atoms. The number of esters is 1. The molecule has 1 N–H and O–H groups in total. The van der Waals surface area contributed by atoms with Gasteiger partial charge in [-0.05, 0) is 55.4 Å². The molecule has 0 aliphatic heterocycles. The molecule has 0 saturated carbocycles. The maximum Gasteiger partial charge on any atom is 0.306 e. The van der Waals surface area contributed by atoms with Crippen molar-refractivity contribution in [2.45, 2.75) is 156 Å². The number of phenolic OH excluding ortho intramolecular Hbond substituents is 1. The van der Waals surface area contributed by atoms with Gasteiger partial charge in [-0.15, -0.1) is 0 Å². The topological polar surface area (TPSA) is 46.5 Å². The minimum atomic E-state index is -0.0990. The summed E-state index contributed by atoms with van der Waals surface area (Å²) in [5.41, 5.74) is 3.34. The third kappa shape index (κ3) is 16.0. The fourth-order valence-corrected chi connectivity index (χ4v) is 4.88. The number of phenols is 1. The fraction of sp³-hybridized carbons (Fsp3) is 0.781. The van der Waals surface area contributed by atoms with Crippen molar-refractivity contribution < 1.29 is 14.6 Å². The summed E-state index contributed by atoms with van der Waals surface area (Å²) in [4.78, 5) is 12.2. The van der Waals surface area contributed by atoms with Gasteiger partial charge in [0.15, 0.2) is 0 Å². The van der Waals surface area contributed by atoms with Crippen LogP contribution < -0.4 is 0 Å². The molecule has 0 fully saturated rings. The van der Waals surface area contributed by atoms with E-state index in [9.17, 15) is 9.90 Å². The van der Waals surface area contributed by atoms with E-state index in [-0.39, 0.29) is 5.97 Å². The summed E-state index contributed by atoms with van der Waals surface area (Å²) in [6, 6.07) is 3.72. The SMILES string of the molecule is CCCCCCCCCCCCCCCCCCOC(=O)CCc1ccc(O)c(C)c1CCCC. The molecule has 202 valence electrons. The summed E-state index contributed by atoms with van der Waals surface area (Å²) >= 11 is 0. The number of ether oxygens (including phenoxy) is 1. The predicted octanol–water partition coefficient (Wildman–Crippen LogP) is 9.78. The van der Waals surface area contributed by atoms with E-state index in [0.717, 1.165) is 37.7 Å². The Morgan fingerprint density at radius 1 is 0.686 bits per heavy atom. The Bertz CT molecular complexity index is 652. The quantitative estimate of drug-likeness (QED) is 0.123. The molecule has 0 spiro atoms. The van der Waals surface area contributed by atoms with Crippen LogP contribution >= 0.6 is 0 Å². The number of hydrogen-bond acceptors (Lipinski definition) is 3. The maximum absolute atomic E-state index is 12.2. The Kier molecular flexibility index (Phi) is 19.6. The zero-order valence-electron chi connectivity index (χ0n) is 23.5.